The summed E-state index contributed by atoms with van der Waals surface area (Å²) in [5, 5.41) is 33.0. The third kappa shape index (κ3) is 11.5. The van der Waals surface area contributed by atoms with Crippen molar-refractivity contribution in [3.63, 3.8) is 0 Å². The average molecular weight is 651 g/mol. The number of allylic oxidation sites excluding steroid dienone is 2. The maximum absolute atomic E-state index is 13.2. The number of epoxide rings is 1. The fourth-order valence-corrected chi connectivity index (χ4v) is 6.11. The molecule has 1 amide bonds. The van der Waals surface area contributed by atoms with Crippen LogP contribution >= 0.6 is 0 Å². The van der Waals surface area contributed by atoms with E-state index in [4.69, 9.17) is 18.9 Å². The number of carbonyl (C=O) groups excluding carboxylic acids is 2. The monoisotopic (exact) mass is 650 g/mol. The van der Waals surface area contributed by atoms with Gasteiger partial charge in [-0.1, -0.05) is 38.2 Å². The Bertz CT molecular complexity index is 1100. The van der Waals surface area contributed by atoms with Crippen LogP contribution in [0, 0.1) is 11.8 Å². The third-order valence-corrected chi connectivity index (χ3v) is 9.66. The van der Waals surface area contributed by atoms with Gasteiger partial charge in [-0.05, 0) is 72.2 Å². The summed E-state index contributed by atoms with van der Waals surface area (Å²) < 4.78 is 23.0. The Kier molecular flexibility index (Phi) is 13.9. The van der Waals surface area contributed by atoms with Gasteiger partial charge in [0.2, 0.25) is 0 Å². The van der Waals surface area contributed by atoms with Gasteiger partial charge in [0.25, 0.3) is 0 Å². The molecule has 2 saturated heterocycles. The van der Waals surface area contributed by atoms with Crippen LogP contribution in [0.3, 0.4) is 0 Å². The molecule has 46 heavy (non-hydrogen) atoms. The zero-order valence-corrected chi connectivity index (χ0v) is 29.1. The van der Waals surface area contributed by atoms with E-state index in [-0.39, 0.29) is 49.4 Å². The van der Waals surface area contributed by atoms with E-state index < -0.39 is 41.6 Å². The molecule has 3 aliphatic heterocycles. The Morgan fingerprint density at radius 3 is 2.65 bits per heavy atom. The smallest absolute Gasteiger partial charge is 0.410 e. The number of aliphatic hydroxyl groups is 3. The molecule has 0 aromatic heterocycles. The summed E-state index contributed by atoms with van der Waals surface area (Å²) in [5.74, 6) is -0.699. The first-order valence-electron chi connectivity index (χ1n) is 16.7. The summed E-state index contributed by atoms with van der Waals surface area (Å²) >= 11 is 0. The van der Waals surface area contributed by atoms with E-state index in [1.807, 2.05) is 27.8 Å². The highest BCUT2D eigenvalue weighted by atomic mass is 16.6. The van der Waals surface area contributed by atoms with Gasteiger partial charge in [0.15, 0.2) is 6.10 Å². The Balaban J connectivity index is 1.75. The zero-order valence-electron chi connectivity index (χ0n) is 29.1. The van der Waals surface area contributed by atoms with Gasteiger partial charge in [-0.3, -0.25) is 4.79 Å². The van der Waals surface area contributed by atoms with Crippen LogP contribution in [0.2, 0.25) is 0 Å². The van der Waals surface area contributed by atoms with Gasteiger partial charge in [0.05, 0.1) is 36.4 Å². The molecule has 3 heterocycles. The Hall–Kier alpha value is -2.28. The number of amides is 1. The standard InChI is InChI=1S/C35H58N2O9/c1-23(11-9-15-34(5,41)22-28-32(44-28)25(3)26(4)43-8)31-24(2)12-13-29(35(6,42)16-14-27(38)21-30(39)46-31)45-33(40)37-18-10-17-36(7)19-20-37/h9,11-13,15,24-29,31-32,38,41-42H,10,14,16-22H2,1-8H3/b13-12+,15-9+,23-11+. The summed E-state index contributed by atoms with van der Waals surface area (Å²) in [4.78, 5) is 29.8. The molecule has 0 aromatic carbocycles. The molecule has 11 heteroatoms. The second kappa shape index (κ2) is 16.7. The number of hydrogen-bond donors (Lipinski definition) is 3. The lowest BCUT2D eigenvalue weighted by Crippen LogP contribution is -2.45. The fourth-order valence-electron chi connectivity index (χ4n) is 6.11. The first kappa shape index (κ1) is 38.2. The Labute approximate surface area is 275 Å². The summed E-state index contributed by atoms with van der Waals surface area (Å²) in [5.41, 5.74) is -1.87. The second-order valence-corrected chi connectivity index (χ2v) is 14.1. The number of likely N-dealkylation sites (N-methyl/N-ethyl adjacent to an activating group) is 1. The van der Waals surface area contributed by atoms with Crippen LogP contribution in [-0.4, -0.2) is 125 Å². The molecule has 0 saturated carbocycles. The molecule has 11 nitrogen and oxygen atoms in total. The molecule has 3 rings (SSSR count). The largest absolute Gasteiger partial charge is 0.457 e. The maximum Gasteiger partial charge on any atom is 0.410 e. The highest BCUT2D eigenvalue weighted by molar-refractivity contribution is 5.70. The number of aliphatic hydroxyl groups excluding tert-OH is 1. The van der Waals surface area contributed by atoms with E-state index in [0.29, 0.717) is 19.5 Å². The van der Waals surface area contributed by atoms with Crippen molar-refractivity contribution >= 4 is 12.1 Å². The minimum absolute atomic E-state index is 0.0423. The second-order valence-electron chi connectivity index (χ2n) is 14.1. The number of carbonyl (C=O) groups is 2. The number of rotatable bonds is 9. The van der Waals surface area contributed by atoms with Crippen molar-refractivity contribution in [1.82, 2.24) is 9.80 Å². The SMILES string of the molecule is COC(C)C(C)C1OC1CC(C)(O)/C=C/C=C(\C)C1OC(=O)CC(O)CCC(C)(O)C(OC(=O)N2CCCN(C)CC2)/C=C/C1C. The first-order chi connectivity index (χ1) is 21.5. The van der Waals surface area contributed by atoms with E-state index in [9.17, 15) is 24.9 Å². The summed E-state index contributed by atoms with van der Waals surface area (Å²) in [6, 6.07) is 0. The molecule has 0 aromatic rings. The predicted molar refractivity (Wildman–Crippen MR) is 175 cm³/mol. The molecule has 3 aliphatic rings. The van der Waals surface area contributed by atoms with Crippen molar-refractivity contribution in [3.05, 3.63) is 36.0 Å². The number of nitrogens with zero attached hydrogens (tertiary/aromatic N) is 2. The lowest BCUT2D eigenvalue weighted by Gasteiger charge is -2.34. The summed E-state index contributed by atoms with van der Waals surface area (Å²) in [7, 11) is 3.70. The molecule has 10 unspecified atom stereocenters. The molecular weight excluding hydrogens is 592 g/mol. The molecule has 0 aliphatic carbocycles. The number of methoxy groups -OCH3 is 1. The van der Waals surface area contributed by atoms with E-state index in [0.717, 1.165) is 25.1 Å². The van der Waals surface area contributed by atoms with Crippen LogP contribution in [-0.2, 0) is 23.7 Å². The van der Waals surface area contributed by atoms with Crippen LogP contribution in [0.1, 0.15) is 73.6 Å². The van der Waals surface area contributed by atoms with E-state index >= 15 is 0 Å². The van der Waals surface area contributed by atoms with Gasteiger partial charge < -0.3 is 44.1 Å². The average Bonchev–Trinajstić information content (AvgIpc) is 3.77. The minimum Gasteiger partial charge on any atom is -0.457 e. The normalized spacial score (nSPS) is 35.6. The van der Waals surface area contributed by atoms with Gasteiger partial charge in [0.1, 0.15) is 11.7 Å². The molecule has 262 valence electrons. The number of cyclic esters (lactones) is 1. The van der Waals surface area contributed by atoms with Gasteiger partial charge >= 0.3 is 12.1 Å². The van der Waals surface area contributed by atoms with Crippen molar-refractivity contribution < 1.29 is 43.9 Å². The number of ether oxygens (including phenoxy) is 4. The Morgan fingerprint density at radius 1 is 1.24 bits per heavy atom. The lowest BCUT2D eigenvalue weighted by atomic mass is 9.88. The summed E-state index contributed by atoms with van der Waals surface area (Å²) in [6.45, 7) is 13.8. The highest BCUT2D eigenvalue weighted by Gasteiger charge is 2.47. The fraction of sp³-hybridized carbons (Fsp3) is 0.771. The van der Waals surface area contributed by atoms with Crippen LogP contribution < -0.4 is 0 Å². The van der Waals surface area contributed by atoms with Gasteiger partial charge in [-0.15, -0.1) is 0 Å². The molecule has 2 fully saturated rings. The molecule has 0 radical (unpaired) electrons. The van der Waals surface area contributed by atoms with E-state index in [1.54, 1.807) is 56.2 Å². The van der Waals surface area contributed by atoms with E-state index in [1.165, 1.54) is 0 Å². The maximum atomic E-state index is 13.2. The van der Waals surface area contributed by atoms with Crippen LogP contribution in [0.4, 0.5) is 4.79 Å². The zero-order chi connectivity index (χ0) is 34.2. The molecule has 10 atom stereocenters. The Morgan fingerprint density at radius 2 is 1.96 bits per heavy atom. The summed E-state index contributed by atoms with van der Waals surface area (Å²) in [6.07, 6.45) is 6.83. The van der Waals surface area contributed by atoms with Gasteiger partial charge in [0, 0.05) is 45.0 Å². The quantitative estimate of drug-likeness (QED) is 0.147. The number of hydrogen-bond acceptors (Lipinski definition) is 10. The van der Waals surface area contributed by atoms with Gasteiger partial charge in [-0.2, -0.15) is 0 Å². The molecule has 0 spiro atoms. The van der Waals surface area contributed by atoms with Crippen molar-refractivity contribution in [2.75, 3.05) is 40.3 Å². The van der Waals surface area contributed by atoms with Crippen molar-refractivity contribution in [3.8, 4) is 0 Å². The molecule has 3 N–H and O–H groups in total. The third-order valence-electron chi connectivity index (χ3n) is 9.66. The van der Waals surface area contributed by atoms with E-state index in [2.05, 4.69) is 11.8 Å². The van der Waals surface area contributed by atoms with Crippen LogP contribution in [0.15, 0.2) is 36.0 Å². The predicted octanol–water partition coefficient (Wildman–Crippen LogP) is 3.61. The molecule has 0 bridgehead atoms. The van der Waals surface area contributed by atoms with Crippen molar-refractivity contribution in [2.45, 2.75) is 121 Å². The number of esters is 1. The van der Waals surface area contributed by atoms with Crippen LogP contribution in [0.5, 0.6) is 0 Å². The lowest BCUT2D eigenvalue weighted by molar-refractivity contribution is -0.151. The van der Waals surface area contributed by atoms with Crippen molar-refractivity contribution in [1.29, 1.82) is 0 Å². The minimum atomic E-state index is -1.48. The first-order valence-corrected chi connectivity index (χ1v) is 16.7. The van der Waals surface area contributed by atoms with Crippen molar-refractivity contribution in [2.24, 2.45) is 11.8 Å². The topological polar surface area (TPSA) is 142 Å². The van der Waals surface area contributed by atoms with Crippen LogP contribution in [0.25, 0.3) is 0 Å². The van der Waals surface area contributed by atoms with Gasteiger partial charge in [-0.25, -0.2) is 4.79 Å². The molecular formula is C35H58N2O9. The highest BCUT2D eigenvalue weighted by Crippen LogP contribution is 2.37.